The standard InChI is InChI=1S/C12H27NO4.6CH4/c1-10(13)7-16-12(3)9-17-11(2)8-15-6-5-14-4;;;;;;/h10-12H,5-9,13H2,1-4H3;6*1H4. The van der Waals surface area contributed by atoms with E-state index in [1.807, 2.05) is 20.8 Å². The molecule has 0 saturated heterocycles. The van der Waals surface area contributed by atoms with Crippen molar-refractivity contribution in [2.75, 3.05) is 40.1 Å². The highest BCUT2D eigenvalue weighted by Gasteiger charge is 2.08. The van der Waals surface area contributed by atoms with Crippen molar-refractivity contribution in [3.63, 3.8) is 0 Å². The lowest BCUT2D eigenvalue weighted by molar-refractivity contribution is -0.0621. The topological polar surface area (TPSA) is 62.9 Å². The van der Waals surface area contributed by atoms with Gasteiger partial charge < -0.3 is 24.7 Å². The van der Waals surface area contributed by atoms with Crippen LogP contribution in [0.15, 0.2) is 0 Å². The Morgan fingerprint density at radius 2 is 1.13 bits per heavy atom. The van der Waals surface area contributed by atoms with Crippen molar-refractivity contribution in [1.29, 1.82) is 0 Å². The quantitative estimate of drug-likeness (QED) is 0.553. The normalized spacial score (nSPS) is 12.4. The number of rotatable bonds is 11. The minimum Gasteiger partial charge on any atom is -0.382 e. The lowest BCUT2D eigenvalue weighted by Gasteiger charge is -2.18. The summed E-state index contributed by atoms with van der Waals surface area (Å²) in [6, 6.07) is 0.0623. The molecule has 5 nitrogen and oxygen atoms in total. The summed E-state index contributed by atoms with van der Waals surface area (Å²) in [4.78, 5) is 0. The van der Waals surface area contributed by atoms with Crippen LogP contribution in [0.1, 0.15) is 65.3 Å². The van der Waals surface area contributed by atoms with Gasteiger partial charge in [-0.25, -0.2) is 0 Å². The fourth-order valence-corrected chi connectivity index (χ4v) is 1.10. The third kappa shape index (κ3) is 34.2. The molecular weight excluding hydrogens is 294 g/mol. The van der Waals surface area contributed by atoms with Gasteiger partial charge in [0.1, 0.15) is 0 Å². The van der Waals surface area contributed by atoms with Crippen LogP contribution in [0, 0.1) is 0 Å². The molecule has 0 aliphatic heterocycles. The number of ether oxygens (including phenoxy) is 4. The summed E-state index contributed by atoms with van der Waals surface area (Å²) in [6.45, 7) is 8.77. The lowest BCUT2D eigenvalue weighted by atomic mass is 10.3. The molecule has 23 heavy (non-hydrogen) atoms. The maximum Gasteiger partial charge on any atom is 0.0781 e. The SMILES string of the molecule is C.C.C.C.C.C.COCCOCC(C)OCC(C)OCC(C)N. The lowest BCUT2D eigenvalue weighted by Crippen LogP contribution is -2.28. The fourth-order valence-electron chi connectivity index (χ4n) is 1.10. The van der Waals surface area contributed by atoms with E-state index < -0.39 is 0 Å². The van der Waals surface area contributed by atoms with Gasteiger partial charge in [0.15, 0.2) is 0 Å². The summed E-state index contributed by atoms with van der Waals surface area (Å²) in [5.74, 6) is 0. The van der Waals surface area contributed by atoms with E-state index in [1.165, 1.54) is 0 Å². The first kappa shape index (κ1) is 43.4. The van der Waals surface area contributed by atoms with E-state index in [-0.39, 0.29) is 62.8 Å². The minimum absolute atomic E-state index is 0. The Kier molecular flexibility index (Phi) is 56.2. The van der Waals surface area contributed by atoms with E-state index in [2.05, 4.69) is 0 Å². The van der Waals surface area contributed by atoms with Crippen molar-refractivity contribution >= 4 is 0 Å². The predicted molar refractivity (Wildman–Crippen MR) is 108 cm³/mol. The maximum atomic E-state index is 5.59. The smallest absolute Gasteiger partial charge is 0.0781 e. The molecule has 0 radical (unpaired) electrons. The predicted octanol–water partition coefficient (Wildman–Crippen LogP) is 4.62. The van der Waals surface area contributed by atoms with Crippen molar-refractivity contribution in [2.45, 2.75) is 83.6 Å². The minimum atomic E-state index is 0. The van der Waals surface area contributed by atoms with Gasteiger partial charge in [0.05, 0.1) is 45.2 Å². The summed E-state index contributed by atoms with van der Waals surface area (Å²) < 4.78 is 21.3. The highest BCUT2D eigenvalue weighted by Crippen LogP contribution is 1.98. The molecule has 0 aliphatic rings. The van der Waals surface area contributed by atoms with Crippen molar-refractivity contribution < 1.29 is 18.9 Å². The van der Waals surface area contributed by atoms with Crippen LogP contribution in [-0.4, -0.2) is 58.4 Å². The fraction of sp³-hybridized carbons (Fsp3) is 1.00. The third-order valence-electron chi connectivity index (χ3n) is 2.04. The second-order valence-electron chi connectivity index (χ2n) is 4.33. The second-order valence-corrected chi connectivity index (χ2v) is 4.33. The molecule has 0 aromatic heterocycles. The summed E-state index contributed by atoms with van der Waals surface area (Å²) in [6.07, 6.45) is 0.121. The van der Waals surface area contributed by atoms with Gasteiger partial charge in [0.2, 0.25) is 0 Å². The Bertz CT molecular complexity index is 169. The number of hydrogen-bond donors (Lipinski definition) is 1. The summed E-state index contributed by atoms with van der Waals surface area (Å²) in [5.41, 5.74) is 5.59. The zero-order valence-electron chi connectivity index (χ0n) is 11.5. The van der Waals surface area contributed by atoms with Gasteiger partial charge in [-0.3, -0.25) is 0 Å². The van der Waals surface area contributed by atoms with Crippen LogP contribution in [-0.2, 0) is 18.9 Å². The zero-order valence-corrected chi connectivity index (χ0v) is 11.5. The molecule has 0 bridgehead atoms. The molecule has 0 heterocycles. The summed E-state index contributed by atoms with van der Waals surface area (Å²) in [5, 5.41) is 0. The van der Waals surface area contributed by atoms with E-state index >= 15 is 0 Å². The van der Waals surface area contributed by atoms with Crippen molar-refractivity contribution in [3.05, 3.63) is 0 Å². The Morgan fingerprint density at radius 1 is 0.696 bits per heavy atom. The molecule has 0 aromatic carbocycles. The van der Waals surface area contributed by atoms with E-state index in [0.717, 1.165) is 0 Å². The van der Waals surface area contributed by atoms with Crippen LogP contribution >= 0.6 is 0 Å². The van der Waals surface area contributed by atoms with Crippen LogP contribution in [0.2, 0.25) is 0 Å². The Balaban J connectivity index is -0.0000000853. The molecule has 0 rings (SSSR count). The first-order valence-corrected chi connectivity index (χ1v) is 6.11. The van der Waals surface area contributed by atoms with Crippen LogP contribution in [0.3, 0.4) is 0 Å². The Labute approximate surface area is 149 Å². The molecule has 0 fully saturated rings. The average Bonchev–Trinajstić information content (AvgIpc) is 2.29. The highest BCUT2D eigenvalue weighted by molar-refractivity contribution is 4.55. The van der Waals surface area contributed by atoms with E-state index in [0.29, 0.717) is 33.0 Å². The van der Waals surface area contributed by atoms with E-state index in [9.17, 15) is 0 Å². The van der Waals surface area contributed by atoms with Crippen LogP contribution in [0.4, 0.5) is 0 Å². The van der Waals surface area contributed by atoms with Gasteiger partial charge in [-0.15, -0.1) is 0 Å². The molecule has 5 heteroatoms. The summed E-state index contributed by atoms with van der Waals surface area (Å²) in [7, 11) is 1.65. The van der Waals surface area contributed by atoms with Gasteiger partial charge in [0.25, 0.3) is 0 Å². The van der Waals surface area contributed by atoms with Gasteiger partial charge >= 0.3 is 0 Å². The maximum absolute atomic E-state index is 5.59. The van der Waals surface area contributed by atoms with Gasteiger partial charge in [0, 0.05) is 13.2 Å². The largest absolute Gasteiger partial charge is 0.382 e. The van der Waals surface area contributed by atoms with Gasteiger partial charge in [-0.05, 0) is 20.8 Å². The first-order chi connectivity index (χ1) is 8.06. The van der Waals surface area contributed by atoms with Crippen LogP contribution in [0.5, 0.6) is 0 Å². The van der Waals surface area contributed by atoms with Crippen LogP contribution in [0.25, 0.3) is 0 Å². The first-order valence-electron chi connectivity index (χ1n) is 6.11. The molecule has 0 amide bonds. The Hall–Kier alpha value is -0.200. The molecular formula is C18H51NO4. The third-order valence-corrected chi connectivity index (χ3v) is 2.04. The van der Waals surface area contributed by atoms with Crippen molar-refractivity contribution in [3.8, 4) is 0 Å². The molecule has 0 aliphatic carbocycles. The Morgan fingerprint density at radius 3 is 1.57 bits per heavy atom. The van der Waals surface area contributed by atoms with Crippen molar-refractivity contribution in [2.24, 2.45) is 5.73 Å². The van der Waals surface area contributed by atoms with Crippen LogP contribution < -0.4 is 5.73 Å². The molecule has 0 saturated carbocycles. The molecule has 0 spiro atoms. The number of hydrogen-bond acceptors (Lipinski definition) is 5. The summed E-state index contributed by atoms with van der Waals surface area (Å²) >= 11 is 0. The van der Waals surface area contributed by atoms with E-state index in [4.69, 9.17) is 24.7 Å². The zero-order chi connectivity index (χ0) is 13.1. The molecule has 3 unspecified atom stereocenters. The highest BCUT2D eigenvalue weighted by atomic mass is 16.6. The molecule has 2 N–H and O–H groups in total. The van der Waals surface area contributed by atoms with Gasteiger partial charge in [-0.2, -0.15) is 0 Å². The second kappa shape index (κ2) is 29.8. The van der Waals surface area contributed by atoms with Crippen molar-refractivity contribution in [1.82, 2.24) is 0 Å². The molecule has 152 valence electrons. The average molecular weight is 346 g/mol. The van der Waals surface area contributed by atoms with E-state index in [1.54, 1.807) is 7.11 Å². The number of methoxy groups -OCH3 is 1. The van der Waals surface area contributed by atoms with Gasteiger partial charge in [-0.1, -0.05) is 44.6 Å². The molecule has 0 aromatic rings. The number of nitrogens with two attached hydrogens (primary N) is 1. The monoisotopic (exact) mass is 345 g/mol. The molecule has 3 atom stereocenters.